The van der Waals surface area contributed by atoms with E-state index in [1.807, 2.05) is 0 Å². The number of halogens is 1. The molecule has 2 aromatic carbocycles. The van der Waals surface area contributed by atoms with Crippen LogP contribution in [-0.4, -0.2) is 49.8 Å². The molecule has 0 aliphatic carbocycles. The van der Waals surface area contributed by atoms with Crippen molar-refractivity contribution in [1.29, 1.82) is 0 Å². The Labute approximate surface area is 202 Å². The zero-order chi connectivity index (χ0) is 24.7. The predicted octanol–water partition coefficient (Wildman–Crippen LogP) is 4.06. The fourth-order valence-corrected chi connectivity index (χ4v) is 3.62. The van der Waals surface area contributed by atoms with Crippen LogP contribution in [0.25, 0.3) is 11.8 Å². The third-order valence-electron chi connectivity index (χ3n) is 4.89. The summed E-state index contributed by atoms with van der Waals surface area (Å²) >= 11 is 6.14. The Morgan fingerprint density at radius 1 is 1.18 bits per heavy atom. The molecular weight excluding hydrogens is 456 g/mol. The first-order valence-electron chi connectivity index (χ1n) is 10.7. The number of tetrazole rings is 1. The lowest BCUT2D eigenvalue weighted by Crippen LogP contribution is -2.41. The molecule has 0 saturated heterocycles. The van der Waals surface area contributed by atoms with Gasteiger partial charge in [-0.1, -0.05) is 32.4 Å². The second-order valence-electron chi connectivity index (χ2n) is 9.02. The minimum absolute atomic E-state index is 0.0171. The van der Waals surface area contributed by atoms with E-state index >= 15 is 0 Å². The molecule has 3 aromatic rings. The van der Waals surface area contributed by atoms with Crippen molar-refractivity contribution in [2.75, 3.05) is 11.9 Å². The molecule has 0 aliphatic heterocycles. The lowest BCUT2D eigenvalue weighted by atomic mass is 9.88. The Morgan fingerprint density at radius 3 is 2.53 bits per heavy atom. The highest BCUT2D eigenvalue weighted by atomic mass is 35.5. The number of anilines is 1. The van der Waals surface area contributed by atoms with Gasteiger partial charge in [-0.05, 0) is 70.8 Å². The Balaban J connectivity index is 1.69. The van der Waals surface area contributed by atoms with Crippen molar-refractivity contribution < 1.29 is 14.7 Å². The van der Waals surface area contributed by atoms with Gasteiger partial charge in [0.2, 0.25) is 5.91 Å². The zero-order valence-corrected chi connectivity index (χ0v) is 20.0. The third-order valence-corrected chi connectivity index (χ3v) is 5.12. The van der Waals surface area contributed by atoms with Gasteiger partial charge in [0.25, 0.3) is 0 Å². The van der Waals surface area contributed by atoms with Gasteiger partial charge >= 0.3 is 5.97 Å². The van der Waals surface area contributed by atoms with Crippen LogP contribution in [-0.2, 0) is 4.79 Å². The Hall–Kier alpha value is -3.72. The van der Waals surface area contributed by atoms with E-state index in [0.717, 1.165) is 12.1 Å². The summed E-state index contributed by atoms with van der Waals surface area (Å²) in [6.45, 7) is 6.80. The lowest BCUT2D eigenvalue weighted by Gasteiger charge is -2.27. The van der Waals surface area contributed by atoms with E-state index < -0.39 is 5.97 Å². The summed E-state index contributed by atoms with van der Waals surface area (Å²) in [5, 5.41) is 27.1. The Bertz CT molecular complexity index is 1150. The van der Waals surface area contributed by atoms with Crippen molar-refractivity contribution >= 4 is 35.2 Å². The molecule has 0 bridgehead atoms. The van der Waals surface area contributed by atoms with E-state index in [4.69, 9.17) is 16.7 Å². The van der Waals surface area contributed by atoms with Crippen molar-refractivity contribution in [3.8, 4) is 5.69 Å². The average Bonchev–Trinajstić information content (AvgIpc) is 3.30. The predicted molar refractivity (Wildman–Crippen MR) is 131 cm³/mol. The van der Waals surface area contributed by atoms with Crippen molar-refractivity contribution in [3.05, 3.63) is 71.0 Å². The molecule has 3 N–H and O–H groups in total. The number of nitrogens with one attached hydrogen (secondary N) is 2. The molecule has 0 spiro atoms. The smallest absolute Gasteiger partial charge is 0.335 e. The van der Waals surface area contributed by atoms with Crippen molar-refractivity contribution in [2.45, 2.75) is 33.2 Å². The number of nitrogens with zero attached hydrogens (tertiary/aromatic N) is 4. The topological polar surface area (TPSA) is 122 Å². The molecule has 1 amide bonds. The number of hydrogen-bond acceptors (Lipinski definition) is 6. The highest BCUT2D eigenvalue weighted by Gasteiger charge is 2.20. The van der Waals surface area contributed by atoms with Crippen molar-refractivity contribution in [3.63, 3.8) is 0 Å². The zero-order valence-electron chi connectivity index (χ0n) is 19.2. The number of aromatic nitrogens is 4. The molecule has 178 valence electrons. The summed E-state index contributed by atoms with van der Waals surface area (Å²) in [5.41, 5.74) is 2.36. The molecule has 0 fully saturated rings. The first-order valence-corrected chi connectivity index (χ1v) is 11.1. The van der Waals surface area contributed by atoms with Crippen LogP contribution in [0.1, 0.15) is 43.1 Å². The van der Waals surface area contributed by atoms with Gasteiger partial charge in [0, 0.05) is 34.9 Å². The van der Waals surface area contributed by atoms with Gasteiger partial charge < -0.3 is 15.7 Å². The summed E-state index contributed by atoms with van der Waals surface area (Å²) in [4.78, 5) is 23.8. The lowest BCUT2D eigenvalue weighted by molar-refractivity contribution is -0.117. The van der Waals surface area contributed by atoms with Crippen LogP contribution in [0.3, 0.4) is 0 Å². The molecule has 1 aromatic heterocycles. The van der Waals surface area contributed by atoms with Crippen LogP contribution >= 0.6 is 11.6 Å². The third kappa shape index (κ3) is 7.41. The number of amides is 1. The van der Waals surface area contributed by atoms with Crippen LogP contribution in [0.2, 0.25) is 5.02 Å². The molecule has 0 saturated carbocycles. The maximum Gasteiger partial charge on any atom is 0.335 e. The SMILES string of the molecule is CC(C)(C)CC(CNc1ccc(C(=O)O)cc1)NC(=O)/C=C/c1cc(Cl)ccc1-n1cnnn1. The fourth-order valence-electron chi connectivity index (χ4n) is 3.44. The first kappa shape index (κ1) is 24.9. The maximum atomic E-state index is 12.8. The summed E-state index contributed by atoms with van der Waals surface area (Å²) in [6, 6.07) is 11.6. The second kappa shape index (κ2) is 10.9. The monoisotopic (exact) mass is 482 g/mol. The largest absolute Gasteiger partial charge is 0.478 e. The quantitative estimate of drug-likeness (QED) is 0.393. The highest BCUT2D eigenvalue weighted by Crippen LogP contribution is 2.22. The van der Waals surface area contributed by atoms with E-state index in [9.17, 15) is 9.59 Å². The molecule has 1 heterocycles. The van der Waals surface area contributed by atoms with Gasteiger partial charge in [-0.25, -0.2) is 4.79 Å². The minimum Gasteiger partial charge on any atom is -0.478 e. The number of carbonyl (C=O) groups is 2. The number of aromatic carboxylic acids is 1. The van der Waals surface area contributed by atoms with Gasteiger partial charge in [0.05, 0.1) is 11.3 Å². The van der Waals surface area contributed by atoms with Crippen LogP contribution in [0.5, 0.6) is 0 Å². The summed E-state index contributed by atoms with van der Waals surface area (Å²) in [7, 11) is 0. The number of benzene rings is 2. The van der Waals surface area contributed by atoms with Gasteiger partial charge in [0.1, 0.15) is 6.33 Å². The summed E-state index contributed by atoms with van der Waals surface area (Å²) in [5.74, 6) is -1.22. The van der Waals surface area contributed by atoms with E-state index in [-0.39, 0.29) is 22.9 Å². The fraction of sp³-hybridized carbons (Fsp3) is 0.292. The molecule has 3 rings (SSSR count). The number of hydrogen-bond donors (Lipinski definition) is 3. The molecule has 0 aliphatic rings. The van der Waals surface area contributed by atoms with E-state index in [0.29, 0.717) is 22.8 Å². The van der Waals surface area contributed by atoms with Crippen LogP contribution in [0, 0.1) is 5.41 Å². The summed E-state index contributed by atoms with van der Waals surface area (Å²) < 4.78 is 1.50. The van der Waals surface area contributed by atoms with Crippen molar-refractivity contribution in [2.24, 2.45) is 5.41 Å². The van der Waals surface area contributed by atoms with E-state index in [1.165, 1.54) is 29.2 Å². The molecule has 0 radical (unpaired) electrons. The number of carboxylic acids is 1. The van der Waals surface area contributed by atoms with Gasteiger partial charge in [-0.3, -0.25) is 4.79 Å². The second-order valence-corrected chi connectivity index (χ2v) is 9.46. The molecule has 9 nitrogen and oxygen atoms in total. The van der Waals surface area contributed by atoms with E-state index in [1.54, 1.807) is 36.4 Å². The molecule has 10 heteroatoms. The average molecular weight is 483 g/mol. The number of carboxylic acid groups (broad SMARTS) is 1. The van der Waals surface area contributed by atoms with Crippen LogP contribution in [0.15, 0.2) is 54.9 Å². The molecule has 1 atom stereocenters. The van der Waals surface area contributed by atoms with Gasteiger partial charge in [-0.2, -0.15) is 4.68 Å². The Kier molecular flexibility index (Phi) is 8.01. The molecule has 34 heavy (non-hydrogen) atoms. The van der Waals surface area contributed by atoms with Gasteiger partial charge in [-0.15, -0.1) is 5.10 Å². The first-order chi connectivity index (χ1) is 16.1. The number of carbonyl (C=O) groups excluding carboxylic acids is 1. The van der Waals surface area contributed by atoms with Crippen molar-refractivity contribution in [1.82, 2.24) is 25.5 Å². The number of rotatable bonds is 9. The Morgan fingerprint density at radius 2 is 1.91 bits per heavy atom. The van der Waals surface area contributed by atoms with Gasteiger partial charge in [0.15, 0.2) is 0 Å². The molecular formula is C24H27ClN6O3. The minimum atomic E-state index is -0.973. The highest BCUT2D eigenvalue weighted by molar-refractivity contribution is 6.30. The normalized spacial score (nSPS) is 12.5. The molecule has 1 unspecified atom stereocenters. The van der Waals surface area contributed by atoms with Crippen LogP contribution < -0.4 is 10.6 Å². The van der Waals surface area contributed by atoms with Crippen LogP contribution in [0.4, 0.5) is 5.69 Å². The maximum absolute atomic E-state index is 12.8. The summed E-state index contributed by atoms with van der Waals surface area (Å²) in [6.07, 6.45) is 5.33. The standard InChI is InChI=1S/C24H27ClN6O3/c1-24(2,3)13-20(14-26-19-8-4-16(5-9-19)23(33)34)28-22(32)11-6-17-12-18(25)7-10-21(17)31-15-27-29-30-31/h4-12,15,20,26H,13-14H2,1-3H3,(H,28,32)(H,33,34)/b11-6+. The van der Waals surface area contributed by atoms with E-state index in [2.05, 4.69) is 46.9 Å².